The van der Waals surface area contributed by atoms with Crippen molar-refractivity contribution in [2.75, 3.05) is 10.9 Å². The summed E-state index contributed by atoms with van der Waals surface area (Å²) >= 11 is 0. The Morgan fingerprint density at radius 3 is 1.54 bits per heavy atom. The first-order chi connectivity index (χ1) is 17.1. The van der Waals surface area contributed by atoms with Crippen LogP contribution in [-0.4, -0.2) is 11.6 Å². The maximum Gasteiger partial charge on any atom is 0.197 e. The van der Waals surface area contributed by atoms with E-state index in [-0.39, 0.29) is 45.1 Å². The smallest absolute Gasteiger partial charge is 0.197 e. The predicted molar refractivity (Wildman–Crippen MR) is 129 cm³/mol. The lowest BCUT2D eigenvalue weighted by atomic mass is 9.81. The number of hydrazine groups is 1. The van der Waals surface area contributed by atoms with Gasteiger partial charge in [0.05, 0.1) is 11.1 Å². The Morgan fingerprint density at radius 1 is 0.657 bits per heavy atom. The summed E-state index contributed by atoms with van der Waals surface area (Å²) in [6.45, 7) is 0. The zero-order valence-corrected chi connectivity index (χ0v) is 18.2. The van der Waals surface area contributed by atoms with Crippen LogP contribution in [0.15, 0.2) is 90.2 Å². The van der Waals surface area contributed by atoms with Crippen LogP contribution in [0.5, 0.6) is 23.0 Å². The van der Waals surface area contributed by atoms with Crippen LogP contribution in [0.2, 0.25) is 0 Å². The van der Waals surface area contributed by atoms with Crippen LogP contribution in [0.4, 0.5) is 11.4 Å². The summed E-state index contributed by atoms with van der Waals surface area (Å²) in [5.74, 6) is 5.98. The fraction of sp³-hybridized carbons (Fsp3) is 0. The molecule has 4 aromatic rings. The fourth-order valence-corrected chi connectivity index (χ4v) is 4.01. The molecule has 172 valence electrons. The molecule has 0 heterocycles. The number of hydrogen-bond acceptors (Lipinski definition) is 8. The van der Waals surface area contributed by atoms with Crippen molar-refractivity contribution in [3.63, 3.8) is 0 Å². The SMILES string of the molecule is N=NNc1c(Oc2ccccc2)c(Oc2ccccc2)c(NN)c2c1C(=O)c1ccccc1C2=O. The molecule has 0 unspecified atom stereocenters. The first-order valence-corrected chi connectivity index (χ1v) is 10.6. The number of nitrogens with one attached hydrogen (secondary N) is 3. The molecule has 0 amide bonds. The number of ether oxygens (including phenoxy) is 2. The highest BCUT2D eigenvalue weighted by molar-refractivity contribution is 6.32. The van der Waals surface area contributed by atoms with Gasteiger partial charge in [-0.1, -0.05) is 65.9 Å². The Morgan fingerprint density at radius 2 is 1.09 bits per heavy atom. The number of nitrogen functional groups attached to an aromatic ring is 1. The van der Waals surface area contributed by atoms with Gasteiger partial charge in [0.25, 0.3) is 0 Å². The molecule has 5 rings (SSSR count). The van der Waals surface area contributed by atoms with Gasteiger partial charge in [0, 0.05) is 11.1 Å². The molecular formula is C26H19N5O4. The molecule has 0 bridgehead atoms. The molecule has 0 spiro atoms. The van der Waals surface area contributed by atoms with Crippen LogP contribution in [0.3, 0.4) is 0 Å². The number of nitrogens with two attached hydrogens (primary N) is 1. The molecular weight excluding hydrogens is 446 g/mol. The van der Waals surface area contributed by atoms with Crippen molar-refractivity contribution in [1.29, 1.82) is 5.53 Å². The van der Waals surface area contributed by atoms with Gasteiger partial charge in [-0.2, -0.15) is 5.53 Å². The average molecular weight is 465 g/mol. The Bertz CT molecular complexity index is 1460. The summed E-state index contributed by atoms with van der Waals surface area (Å²) in [4.78, 5) is 27.2. The van der Waals surface area contributed by atoms with Gasteiger partial charge >= 0.3 is 0 Å². The van der Waals surface area contributed by atoms with Crippen molar-refractivity contribution in [1.82, 2.24) is 0 Å². The minimum atomic E-state index is -0.443. The minimum Gasteiger partial charge on any atom is -0.451 e. The van der Waals surface area contributed by atoms with Crippen LogP contribution in [0.25, 0.3) is 0 Å². The quantitative estimate of drug-likeness (QED) is 0.138. The molecule has 35 heavy (non-hydrogen) atoms. The van der Waals surface area contributed by atoms with Crippen molar-refractivity contribution in [2.24, 2.45) is 11.1 Å². The summed E-state index contributed by atoms with van der Waals surface area (Å²) in [5.41, 5.74) is 13.0. The van der Waals surface area contributed by atoms with E-state index in [1.54, 1.807) is 72.8 Å². The number of benzene rings is 4. The van der Waals surface area contributed by atoms with E-state index in [9.17, 15) is 9.59 Å². The van der Waals surface area contributed by atoms with Gasteiger partial charge in [0.1, 0.15) is 22.9 Å². The predicted octanol–water partition coefficient (Wildman–Crippen LogP) is 5.69. The first kappa shape index (κ1) is 21.8. The molecule has 9 heteroatoms. The van der Waals surface area contributed by atoms with Crippen molar-refractivity contribution in [2.45, 2.75) is 0 Å². The van der Waals surface area contributed by atoms with Gasteiger partial charge in [0.2, 0.25) is 0 Å². The second kappa shape index (κ2) is 9.08. The lowest BCUT2D eigenvalue weighted by molar-refractivity contribution is 0.0980. The molecule has 0 saturated heterocycles. The standard InChI is InChI=1S/C26H19N5O4/c27-29-21-19-20(24(33)18-14-8-7-13-17(18)23(19)32)22(30-31-28)26(35-16-11-5-2-6-12-16)25(21)34-15-9-3-1-4-10-15/h1-14,29H,27H2,(H2,28,30). The van der Waals surface area contributed by atoms with Gasteiger partial charge in [-0.25, -0.2) is 0 Å². The topological polar surface area (TPSA) is 139 Å². The van der Waals surface area contributed by atoms with Crippen LogP contribution in [-0.2, 0) is 0 Å². The summed E-state index contributed by atoms with van der Waals surface area (Å²) in [7, 11) is 0. The minimum absolute atomic E-state index is 0.00584. The lowest BCUT2D eigenvalue weighted by Gasteiger charge is -2.27. The summed E-state index contributed by atoms with van der Waals surface area (Å²) in [6, 6.07) is 24.1. The largest absolute Gasteiger partial charge is 0.451 e. The molecule has 9 nitrogen and oxygen atoms in total. The summed E-state index contributed by atoms with van der Waals surface area (Å²) in [6.07, 6.45) is 0. The Hall–Kier alpha value is -5.02. The number of fused-ring (bicyclic) bond motifs is 2. The fourth-order valence-electron chi connectivity index (χ4n) is 4.01. The van der Waals surface area contributed by atoms with E-state index in [0.717, 1.165) is 0 Å². The molecule has 0 radical (unpaired) electrons. The number of nitrogens with zero attached hydrogens (tertiary/aromatic N) is 1. The maximum atomic E-state index is 13.6. The summed E-state index contributed by atoms with van der Waals surface area (Å²) in [5, 5.41) is 3.28. The van der Waals surface area contributed by atoms with Gasteiger partial charge < -0.3 is 14.9 Å². The number of para-hydroxylation sites is 2. The molecule has 0 atom stereocenters. The number of hydrogen-bond donors (Lipinski definition) is 4. The Balaban J connectivity index is 1.84. The highest BCUT2D eigenvalue weighted by atomic mass is 16.5. The monoisotopic (exact) mass is 465 g/mol. The third-order valence-electron chi connectivity index (χ3n) is 5.52. The Kier molecular flexibility index (Phi) is 5.66. The molecule has 5 N–H and O–H groups in total. The Labute approximate surface area is 199 Å². The molecule has 0 aromatic heterocycles. The number of rotatable bonds is 7. The third kappa shape index (κ3) is 3.75. The van der Waals surface area contributed by atoms with E-state index in [1.165, 1.54) is 0 Å². The molecule has 4 aromatic carbocycles. The number of carbonyl (C=O) groups excluding carboxylic acids is 2. The number of carbonyl (C=O) groups is 2. The second-order valence-electron chi connectivity index (χ2n) is 7.56. The van der Waals surface area contributed by atoms with E-state index in [1.807, 2.05) is 12.1 Å². The average Bonchev–Trinajstić information content (AvgIpc) is 2.90. The van der Waals surface area contributed by atoms with Crippen molar-refractivity contribution in [3.05, 3.63) is 107 Å². The zero-order chi connectivity index (χ0) is 24.4. The summed E-state index contributed by atoms with van der Waals surface area (Å²) < 4.78 is 12.3. The van der Waals surface area contributed by atoms with Crippen LogP contribution >= 0.6 is 0 Å². The van der Waals surface area contributed by atoms with E-state index in [4.69, 9.17) is 20.8 Å². The van der Waals surface area contributed by atoms with Crippen molar-refractivity contribution in [3.8, 4) is 23.0 Å². The van der Waals surface area contributed by atoms with E-state index >= 15 is 0 Å². The number of anilines is 2. The highest BCUT2D eigenvalue weighted by Crippen LogP contribution is 2.52. The van der Waals surface area contributed by atoms with E-state index < -0.39 is 11.6 Å². The van der Waals surface area contributed by atoms with Crippen LogP contribution < -0.4 is 26.2 Å². The van der Waals surface area contributed by atoms with Gasteiger partial charge in [0.15, 0.2) is 23.1 Å². The maximum absolute atomic E-state index is 13.6. The van der Waals surface area contributed by atoms with Crippen LogP contribution in [0, 0.1) is 5.53 Å². The van der Waals surface area contributed by atoms with Gasteiger partial charge in [-0.15, -0.1) is 0 Å². The lowest BCUT2D eigenvalue weighted by Crippen LogP contribution is -2.25. The van der Waals surface area contributed by atoms with Crippen LogP contribution in [0.1, 0.15) is 31.8 Å². The zero-order valence-electron chi connectivity index (χ0n) is 18.2. The second-order valence-corrected chi connectivity index (χ2v) is 7.56. The molecule has 0 aliphatic heterocycles. The molecule has 0 saturated carbocycles. The molecule has 0 fully saturated rings. The van der Waals surface area contributed by atoms with E-state index in [0.29, 0.717) is 11.5 Å². The van der Waals surface area contributed by atoms with Crippen molar-refractivity contribution >= 4 is 22.9 Å². The highest BCUT2D eigenvalue weighted by Gasteiger charge is 2.39. The normalized spacial score (nSPS) is 11.8. The molecule has 1 aliphatic rings. The molecule has 1 aliphatic carbocycles. The first-order valence-electron chi connectivity index (χ1n) is 10.6. The number of ketones is 2. The van der Waals surface area contributed by atoms with Crippen molar-refractivity contribution < 1.29 is 19.1 Å². The third-order valence-corrected chi connectivity index (χ3v) is 5.52. The van der Waals surface area contributed by atoms with Gasteiger partial charge in [-0.3, -0.25) is 20.9 Å². The van der Waals surface area contributed by atoms with E-state index in [2.05, 4.69) is 16.1 Å². The van der Waals surface area contributed by atoms with Gasteiger partial charge in [-0.05, 0) is 24.3 Å².